The summed E-state index contributed by atoms with van der Waals surface area (Å²) in [5.74, 6) is 1.32. The Hall–Kier alpha value is -2.51. The van der Waals surface area contributed by atoms with Crippen LogP contribution in [0.5, 0.6) is 0 Å². The first-order valence-corrected chi connectivity index (χ1v) is 11.0. The van der Waals surface area contributed by atoms with Gasteiger partial charge in [-0.05, 0) is 60.9 Å². The minimum Gasteiger partial charge on any atom is -0.379 e. The average Bonchev–Trinajstić information content (AvgIpc) is 3.53. The smallest absolute Gasteiger partial charge is 0.143 e. The number of aromatic nitrogens is 3. The summed E-state index contributed by atoms with van der Waals surface area (Å²) in [6.45, 7) is 3.38. The number of nitrogens with zero attached hydrogens (tertiary/aromatic N) is 3. The number of benzene rings is 1. The lowest BCUT2D eigenvalue weighted by Gasteiger charge is -2.43. The normalized spacial score (nSPS) is 24.7. The highest BCUT2D eigenvalue weighted by Crippen LogP contribution is 2.42. The van der Waals surface area contributed by atoms with Gasteiger partial charge in [-0.15, -0.1) is 0 Å². The Morgan fingerprint density at radius 3 is 2.83 bits per heavy atom. The number of hydrogen-bond acceptors (Lipinski definition) is 5. The topological polar surface area (TPSA) is 66.1 Å². The summed E-state index contributed by atoms with van der Waals surface area (Å²) in [5, 5.41) is 4.78. The van der Waals surface area contributed by atoms with E-state index in [2.05, 4.69) is 31.2 Å². The lowest BCUT2D eigenvalue weighted by molar-refractivity contribution is 0.00894. The van der Waals surface area contributed by atoms with Gasteiger partial charge in [-0.3, -0.25) is 4.90 Å². The number of rotatable bonds is 4. The summed E-state index contributed by atoms with van der Waals surface area (Å²) in [6, 6.07) is 7.78. The molecular formula is C23H28FN5O. The van der Waals surface area contributed by atoms with Crippen LogP contribution in [0.4, 0.5) is 10.2 Å². The Labute approximate surface area is 176 Å². The molecule has 0 spiro atoms. The van der Waals surface area contributed by atoms with Crippen LogP contribution >= 0.6 is 0 Å². The van der Waals surface area contributed by atoms with Crippen molar-refractivity contribution < 1.29 is 10.6 Å². The van der Waals surface area contributed by atoms with Gasteiger partial charge in [-0.25, -0.2) is 14.4 Å². The molecule has 1 aromatic carbocycles. The maximum Gasteiger partial charge on any atom is 0.143 e. The summed E-state index contributed by atoms with van der Waals surface area (Å²) < 4.78 is 19.5. The number of aryl methyl sites for hydroxylation is 1. The van der Waals surface area contributed by atoms with Crippen molar-refractivity contribution in [2.24, 2.45) is 0 Å². The molecule has 3 aromatic rings. The SMILES string of the molecule is Fc1ccc2c(c1)CC[C@H](N1CCOCC1)[C@H]2Nc1ncnc2[nH]c(C3CC3)cc12.[HH]. The maximum absolute atomic E-state index is 13.9. The van der Waals surface area contributed by atoms with Crippen LogP contribution < -0.4 is 5.32 Å². The van der Waals surface area contributed by atoms with Gasteiger partial charge in [0.1, 0.15) is 23.6 Å². The van der Waals surface area contributed by atoms with E-state index in [1.165, 1.54) is 24.1 Å². The van der Waals surface area contributed by atoms with Crippen molar-refractivity contribution in [3.8, 4) is 0 Å². The van der Waals surface area contributed by atoms with Crippen molar-refractivity contribution >= 4 is 16.9 Å². The largest absolute Gasteiger partial charge is 0.379 e. The highest BCUT2D eigenvalue weighted by Gasteiger charge is 2.35. The van der Waals surface area contributed by atoms with E-state index >= 15 is 0 Å². The summed E-state index contributed by atoms with van der Waals surface area (Å²) in [6.07, 6.45) is 5.98. The van der Waals surface area contributed by atoms with E-state index in [0.717, 1.165) is 61.6 Å². The third-order valence-electron chi connectivity index (χ3n) is 6.80. The number of aromatic amines is 1. The number of hydrogen-bond donors (Lipinski definition) is 2. The summed E-state index contributed by atoms with van der Waals surface area (Å²) in [7, 11) is 0. The Morgan fingerprint density at radius 2 is 2.00 bits per heavy atom. The summed E-state index contributed by atoms with van der Waals surface area (Å²) in [4.78, 5) is 15.0. The molecule has 1 saturated heterocycles. The van der Waals surface area contributed by atoms with Gasteiger partial charge < -0.3 is 15.0 Å². The van der Waals surface area contributed by atoms with E-state index in [0.29, 0.717) is 12.0 Å². The Bertz CT molecular complexity index is 1080. The zero-order valence-corrected chi connectivity index (χ0v) is 16.9. The second-order valence-corrected chi connectivity index (χ2v) is 8.70. The highest BCUT2D eigenvalue weighted by molar-refractivity contribution is 5.88. The molecule has 6 rings (SSSR count). The van der Waals surface area contributed by atoms with Crippen LogP contribution in [0.15, 0.2) is 30.6 Å². The molecule has 2 aliphatic carbocycles. The van der Waals surface area contributed by atoms with Crippen LogP contribution in [0.25, 0.3) is 11.0 Å². The van der Waals surface area contributed by atoms with Gasteiger partial charge in [-0.2, -0.15) is 0 Å². The van der Waals surface area contributed by atoms with Crippen LogP contribution in [0.2, 0.25) is 0 Å². The summed E-state index contributed by atoms with van der Waals surface area (Å²) in [5.41, 5.74) is 4.40. The molecule has 7 heteroatoms. The highest BCUT2D eigenvalue weighted by atomic mass is 19.1. The second kappa shape index (κ2) is 7.32. The molecule has 2 atom stereocenters. The van der Waals surface area contributed by atoms with Gasteiger partial charge in [0.25, 0.3) is 0 Å². The minimum atomic E-state index is -0.165. The molecule has 0 unspecified atom stereocenters. The maximum atomic E-state index is 13.9. The lowest BCUT2D eigenvalue weighted by Crippen LogP contribution is -2.49. The Balaban J connectivity index is 0.00000204. The number of halogens is 1. The van der Waals surface area contributed by atoms with Crippen molar-refractivity contribution in [3.05, 3.63) is 53.2 Å². The van der Waals surface area contributed by atoms with Gasteiger partial charge in [-0.1, -0.05) is 6.07 Å². The fourth-order valence-electron chi connectivity index (χ4n) is 5.08. The van der Waals surface area contributed by atoms with Gasteiger partial charge in [0.2, 0.25) is 0 Å². The summed E-state index contributed by atoms with van der Waals surface area (Å²) >= 11 is 0. The van der Waals surface area contributed by atoms with Crippen LogP contribution in [-0.2, 0) is 11.2 Å². The van der Waals surface area contributed by atoms with E-state index in [9.17, 15) is 4.39 Å². The van der Waals surface area contributed by atoms with Crippen molar-refractivity contribution in [1.29, 1.82) is 0 Å². The zero-order valence-electron chi connectivity index (χ0n) is 16.9. The van der Waals surface area contributed by atoms with Crippen LogP contribution in [0.1, 0.15) is 49.5 Å². The van der Waals surface area contributed by atoms with Crippen LogP contribution in [-0.4, -0.2) is 52.2 Å². The number of morpholine rings is 1. The van der Waals surface area contributed by atoms with Crippen molar-refractivity contribution in [2.45, 2.75) is 43.7 Å². The number of anilines is 1. The predicted molar refractivity (Wildman–Crippen MR) is 115 cm³/mol. The van der Waals surface area contributed by atoms with Gasteiger partial charge >= 0.3 is 0 Å². The lowest BCUT2D eigenvalue weighted by atomic mass is 9.83. The fourth-order valence-corrected chi connectivity index (χ4v) is 5.08. The van der Waals surface area contributed by atoms with Crippen molar-refractivity contribution in [2.75, 3.05) is 31.6 Å². The predicted octanol–water partition coefficient (Wildman–Crippen LogP) is 4.02. The third kappa shape index (κ3) is 3.26. The first-order valence-electron chi connectivity index (χ1n) is 11.0. The van der Waals surface area contributed by atoms with Gasteiger partial charge in [0, 0.05) is 26.3 Å². The van der Waals surface area contributed by atoms with E-state index in [4.69, 9.17) is 4.74 Å². The molecule has 0 radical (unpaired) electrons. The molecule has 6 nitrogen and oxygen atoms in total. The average molecular weight is 410 g/mol. The number of fused-ring (bicyclic) bond motifs is 2. The first-order chi connectivity index (χ1) is 14.8. The number of ether oxygens (including phenoxy) is 1. The third-order valence-corrected chi connectivity index (χ3v) is 6.80. The first kappa shape index (κ1) is 18.3. The molecule has 3 aliphatic rings. The molecule has 30 heavy (non-hydrogen) atoms. The van der Waals surface area contributed by atoms with Gasteiger partial charge in [0.15, 0.2) is 0 Å². The minimum absolute atomic E-state index is 0. The number of H-pyrrole nitrogens is 1. The van der Waals surface area contributed by atoms with E-state index in [1.54, 1.807) is 18.5 Å². The molecule has 1 aliphatic heterocycles. The molecule has 3 heterocycles. The van der Waals surface area contributed by atoms with E-state index in [-0.39, 0.29) is 13.3 Å². The quantitative estimate of drug-likeness (QED) is 0.681. The molecule has 1 saturated carbocycles. The Morgan fingerprint density at radius 1 is 1.13 bits per heavy atom. The van der Waals surface area contributed by atoms with Gasteiger partial charge in [0.05, 0.1) is 24.6 Å². The second-order valence-electron chi connectivity index (χ2n) is 8.70. The van der Waals surface area contributed by atoms with Crippen LogP contribution in [0.3, 0.4) is 0 Å². The molecule has 2 N–H and O–H groups in total. The molecule has 0 bridgehead atoms. The van der Waals surface area contributed by atoms with Crippen molar-refractivity contribution in [1.82, 2.24) is 19.9 Å². The van der Waals surface area contributed by atoms with Crippen LogP contribution in [0, 0.1) is 5.82 Å². The standard InChI is InChI=1S/C23H26FN5O.H2/c24-16-4-5-17-15(11-16)3-6-20(29-7-9-30-10-8-29)21(17)28-23-18-12-19(14-1-2-14)27-22(18)25-13-26-23;/h4-5,11-14,20-21H,1-3,6-10H2,(H2,25,26,27,28);1H/t20-,21-;/m0./s1. The van der Waals surface area contributed by atoms with E-state index < -0.39 is 0 Å². The monoisotopic (exact) mass is 409 g/mol. The molecular weight excluding hydrogens is 381 g/mol. The van der Waals surface area contributed by atoms with Crippen molar-refractivity contribution in [3.63, 3.8) is 0 Å². The van der Waals surface area contributed by atoms with E-state index in [1.807, 2.05) is 6.07 Å². The molecule has 0 amide bonds. The molecule has 2 fully saturated rings. The fraction of sp³-hybridized carbons (Fsp3) is 0.478. The number of nitrogens with one attached hydrogen (secondary N) is 2. The molecule has 2 aromatic heterocycles. The zero-order chi connectivity index (χ0) is 20.1. The Kier molecular flexibility index (Phi) is 4.46. The molecule has 158 valence electrons.